The van der Waals surface area contributed by atoms with Crippen LogP contribution in [0.1, 0.15) is 43.0 Å². The van der Waals surface area contributed by atoms with E-state index in [0.29, 0.717) is 23.0 Å². The van der Waals surface area contributed by atoms with Gasteiger partial charge < -0.3 is 14.8 Å². The van der Waals surface area contributed by atoms with Crippen LogP contribution < -0.4 is 10.1 Å². The van der Waals surface area contributed by atoms with Gasteiger partial charge in [-0.2, -0.15) is 0 Å². The zero-order chi connectivity index (χ0) is 19.1. The molecule has 2 atom stereocenters. The van der Waals surface area contributed by atoms with Gasteiger partial charge in [-0.05, 0) is 43.0 Å². The van der Waals surface area contributed by atoms with Gasteiger partial charge in [0, 0.05) is 6.04 Å². The number of benzene rings is 2. The van der Waals surface area contributed by atoms with Crippen molar-refractivity contribution < 1.29 is 19.1 Å². The molecule has 1 N–H and O–H groups in total. The number of esters is 1. The number of ether oxygens (including phenoxy) is 2. The highest BCUT2D eigenvalue weighted by molar-refractivity contribution is 5.94. The number of para-hydroxylation sites is 2. The number of carbonyl (C=O) groups is 2. The van der Waals surface area contributed by atoms with E-state index in [1.165, 1.54) is 6.42 Å². The van der Waals surface area contributed by atoms with Gasteiger partial charge in [0.05, 0.1) is 0 Å². The van der Waals surface area contributed by atoms with Gasteiger partial charge in [0.2, 0.25) is 0 Å². The molecule has 0 heterocycles. The lowest BCUT2D eigenvalue weighted by molar-refractivity contribution is -0.125. The molecule has 0 saturated heterocycles. The van der Waals surface area contributed by atoms with Crippen LogP contribution in [0.25, 0.3) is 0 Å². The Hall–Kier alpha value is -2.82. The zero-order valence-electron chi connectivity index (χ0n) is 15.5. The highest BCUT2D eigenvalue weighted by atomic mass is 16.5. The van der Waals surface area contributed by atoms with Gasteiger partial charge >= 0.3 is 5.97 Å². The van der Waals surface area contributed by atoms with Crippen molar-refractivity contribution in [3.63, 3.8) is 0 Å². The average molecular weight is 367 g/mol. The summed E-state index contributed by atoms with van der Waals surface area (Å²) in [6.45, 7) is 1.86. The molecule has 5 heteroatoms. The van der Waals surface area contributed by atoms with Crippen molar-refractivity contribution in [2.75, 3.05) is 6.61 Å². The van der Waals surface area contributed by atoms with E-state index in [1.54, 1.807) is 36.4 Å². The molecule has 0 bridgehead atoms. The number of rotatable bonds is 6. The molecule has 0 spiro atoms. The lowest BCUT2D eigenvalue weighted by atomic mass is 9.86. The second-order valence-corrected chi connectivity index (χ2v) is 6.92. The Morgan fingerprint density at radius 3 is 2.48 bits per heavy atom. The van der Waals surface area contributed by atoms with Crippen LogP contribution in [0.4, 0.5) is 0 Å². The van der Waals surface area contributed by atoms with Gasteiger partial charge in [0.25, 0.3) is 5.91 Å². The Balaban J connectivity index is 1.57. The summed E-state index contributed by atoms with van der Waals surface area (Å²) in [6.07, 6.45) is 4.43. The molecule has 27 heavy (non-hydrogen) atoms. The maximum absolute atomic E-state index is 12.4. The van der Waals surface area contributed by atoms with Gasteiger partial charge in [-0.1, -0.05) is 50.1 Å². The fourth-order valence-corrected chi connectivity index (χ4v) is 3.33. The van der Waals surface area contributed by atoms with Gasteiger partial charge in [0.15, 0.2) is 6.61 Å². The van der Waals surface area contributed by atoms with Crippen LogP contribution in [-0.4, -0.2) is 24.5 Å². The Labute approximate surface area is 159 Å². The standard InChI is InChI=1S/C22H25NO4/c1-16-9-5-7-13-19(16)23-21(24)15-26-22(25)18-12-6-8-14-20(18)27-17-10-3-2-4-11-17/h2-4,6,8,10-12,14,16,19H,5,7,9,13,15H2,1H3,(H,23,24)/t16-,19-/m0/s1. The zero-order valence-corrected chi connectivity index (χ0v) is 15.5. The van der Waals surface area contributed by atoms with Crippen LogP contribution in [0.5, 0.6) is 11.5 Å². The van der Waals surface area contributed by atoms with Crippen molar-refractivity contribution in [2.45, 2.75) is 38.6 Å². The minimum Gasteiger partial charge on any atom is -0.456 e. The number of amides is 1. The summed E-state index contributed by atoms with van der Waals surface area (Å²) in [4.78, 5) is 24.6. The third-order valence-corrected chi connectivity index (χ3v) is 4.87. The van der Waals surface area contributed by atoms with Gasteiger partial charge in [-0.15, -0.1) is 0 Å². The van der Waals surface area contributed by atoms with E-state index in [0.717, 1.165) is 19.3 Å². The molecule has 5 nitrogen and oxygen atoms in total. The van der Waals surface area contributed by atoms with Crippen LogP contribution in [-0.2, 0) is 9.53 Å². The van der Waals surface area contributed by atoms with Crippen LogP contribution in [0.15, 0.2) is 54.6 Å². The van der Waals surface area contributed by atoms with E-state index in [4.69, 9.17) is 9.47 Å². The van der Waals surface area contributed by atoms with Gasteiger partial charge in [0.1, 0.15) is 17.1 Å². The molecule has 1 aliphatic carbocycles. The second-order valence-electron chi connectivity index (χ2n) is 6.92. The molecule has 1 fully saturated rings. The molecule has 1 amide bonds. The largest absolute Gasteiger partial charge is 0.456 e. The lowest BCUT2D eigenvalue weighted by Gasteiger charge is -2.29. The Morgan fingerprint density at radius 1 is 1.00 bits per heavy atom. The number of hydrogen-bond donors (Lipinski definition) is 1. The topological polar surface area (TPSA) is 64.6 Å². The summed E-state index contributed by atoms with van der Waals surface area (Å²) >= 11 is 0. The molecule has 0 radical (unpaired) electrons. The summed E-state index contributed by atoms with van der Waals surface area (Å²) in [7, 11) is 0. The highest BCUT2D eigenvalue weighted by Crippen LogP contribution is 2.26. The maximum Gasteiger partial charge on any atom is 0.342 e. The summed E-state index contributed by atoms with van der Waals surface area (Å²) in [5, 5.41) is 2.98. The fraction of sp³-hybridized carbons (Fsp3) is 0.364. The lowest BCUT2D eigenvalue weighted by Crippen LogP contribution is -2.42. The summed E-state index contributed by atoms with van der Waals surface area (Å²) in [6, 6.07) is 16.2. The predicted molar refractivity (Wildman–Crippen MR) is 103 cm³/mol. The SMILES string of the molecule is C[C@H]1CCCC[C@@H]1NC(=O)COC(=O)c1ccccc1Oc1ccccc1. The fourth-order valence-electron chi connectivity index (χ4n) is 3.33. The highest BCUT2D eigenvalue weighted by Gasteiger charge is 2.23. The molecule has 2 aromatic rings. The minimum absolute atomic E-state index is 0.165. The molecule has 0 aromatic heterocycles. The van der Waals surface area contributed by atoms with E-state index in [1.807, 2.05) is 18.2 Å². The Bertz CT molecular complexity index is 775. The molecular weight excluding hydrogens is 342 g/mol. The molecule has 0 unspecified atom stereocenters. The molecule has 1 saturated carbocycles. The van der Waals surface area contributed by atoms with Crippen LogP contribution in [0, 0.1) is 5.92 Å². The summed E-state index contributed by atoms with van der Waals surface area (Å²) < 4.78 is 11.0. The summed E-state index contributed by atoms with van der Waals surface area (Å²) in [5.41, 5.74) is 0.292. The normalized spacial score (nSPS) is 19.1. The van der Waals surface area contributed by atoms with Gasteiger partial charge in [-0.3, -0.25) is 4.79 Å². The van der Waals surface area contributed by atoms with E-state index in [-0.39, 0.29) is 18.6 Å². The van der Waals surface area contributed by atoms with Crippen molar-refractivity contribution in [1.82, 2.24) is 5.32 Å². The van der Waals surface area contributed by atoms with E-state index in [9.17, 15) is 9.59 Å². The Morgan fingerprint density at radius 2 is 1.70 bits per heavy atom. The van der Waals surface area contributed by atoms with Crippen molar-refractivity contribution in [3.05, 3.63) is 60.2 Å². The molecule has 2 aromatic carbocycles. The number of nitrogens with one attached hydrogen (secondary N) is 1. The Kier molecular flexibility index (Phi) is 6.47. The monoisotopic (exact) mass is 367 g/mol. The maximum atomic E-state index is 12.4. The molecular formula is C22H25NO4. The molecule has 3 rings (SSSR count). The molecule has 142 valence electrons. The quantitative estimate of drug-likeness (QED) is 0.772. The van der Waals surface area contributed by atoms with E-state index in [2.05, 4.69) is 12.2 Å². The first-order chi connectivity index (χ1) is 13.1. The van der Waals surface area contributed by atoms with Crippen molar-refractivity contribution in [1.29, 1.82) is 0 Å². The minimum atomic E-state index is -0.576. The van der Waals surface area contributed by atoms with Crippen molar-refractivity contribution in [2.24, 2.45) is 5.92 Å². The summed E-state index contributed by atoms with van der Waals surface area (Å²) in [5.74, 6) is 0.645. The smallest absolute Gasteiger partial charge is 0.342 e. The first kappa shape index (κ1) is 19.0. The molecule has 1 aliphatic rings. The number of carbonyl (C=O) groups excluding carboxylic acids is 2. The van der Waals surface area contributed by atoms with Crippen molar-refractivity contribution in [3.8, 4) is 11.5 Å². The van der Waals surface area contributed by atoms with Crippen molar-refractivity contribution >= 4 is 11.9 Å². The number of hydrogen-bond acceptors (Lipinski definition) is 4. The van der Waals surface area contributed by atoms with Gasteiger partial charge in [-0.25, -0.2) is 4.79 Å². The predicted octanol–water partition coefficient (Wildman–Crippen LogP) is 4.33. The van der Waals surface area contributed by atoms with Crippen LogP contribution in [0.2, 0.25) is 0 Å². The third-order valence-electron chi connectivity index (χ3n) is 4.87. The average Bonchev–Trinajstić information content (AvgIpc) is 2.69. The second kappa shape index (κ2) is 9.21. The van der Waals surface area contributed by atoms with Crippen LogP contribution in [0.3, 0.4) is 0 Å². The van der Waals surface area contributed by atoms with E-state index >= 15 is 0 Å². The van der Waals surface area contributed by atoms with Crippen LogP contribution >= 0.6 is 0 Å². The first-order valence-electron chi connectivity index (χ1n) is 9.42. The first-order valence-corrected chi connectivity index (χ1v) is 9.42. The molecule has 0 aliphatic heterocycles. The van der Waals surface area contributed by atoms with E-state index < -0.39 is 5.97 Å². The third kappa shape index (κ3) is 5.33.